The van der Waals surface area contributed by atoms with Gasteiger partial charge in [0.05, 0.1) is 11.6 Å². The normalized spacial score (nSPS) is 11.0. The van der Waals surface area contributed by atoms with E-state index < -0.39 is 0 Å². The Morgan fingerprint density at radius 3 is 2.74 bits per heavy atom. The van der Waals surface area contributed by atoms with Crippen LogP contribution in [0.25, 0.3) is 0 Å². The van der Waals surface area contributed by atoms with E-state index in [4.69, 9.17) is 27.9 Å². The molecule has 5 heteroatoms. The van der Waals surface area contributed by atoms with Crippen LogP contribution in [-0.4, -0.2) is 9.78 Å². The van der Waals surface area contributed by atoms with Crippen molar-refractivity contribution in [1.82, 2.24) is 9.78 Å². The van der Waals surface area contributed by atoms with Crippen molar-refractivity contribution in [2.45, 2.75) is 32.4 Å². The van der Waals surface area contributed by atoms with Gasteiger partial charge in [0.1, 0.15) is 12.4 Å². The maximum atomic E-state index is 5.92. The van der Waals surface area contributed by atoms with Gasteiger partial charge in [0.2, 0.25) is 0 Å². The molecule has 102 valence electrons. The van der Waals surface area contributed by atoms with Crippen LogP contribution in [0.15, 0.2) is 30.5 Å². The van der Waals surface area contributed by atoms with Crippen LogP contribution >= 0.6 is 23.2 Å². The lowest BCUT2D eigenvalue weighted by Gasteiger charge is -2.09. The van der Waals surface area contributed by atoms with Gasteiger partial charge in [-0.2, -0.15) is 5.10 Å². The molecule has 0 bridgehead atoms. The largest absolute Gasteiger partial charge is 0.487 e. The molecule has 0 aliphatic heterocycles. The molecule has 0 radical (unpaired) electrons. The molecule has 2 rings (SSSR count). The van der Waals surface area contributed by atoms with Gasteiger partial charge in [-0.25, -0.2) is 0 Å². The number of alkyl halides is 1. The number of halogens is 2. The van der Waals surface area contributed by atoms with Crippen molar-refractivity contribution in [1.29, 1.82) is 0 Å². The number of rotatable bonds is 5. The Hall–Kier alpha value is -1.19. The number of hydrogen-bond acceptors (Lipinski definition) is 2. The summed E-state index contributed by atoms with van der Waals surface area (Å²) in [6, 6.07) is 7.74. The van der Waals surface area contributed by atoms with Crippen molar-refractivity contribution in [2.24, 2.45) is 0 Å². The third-order valence-electron chi connectivity index (χ3n) is 2.73. The SMILES string of the molecule is CC(C)n1ccc(COc2ccc(Cl)cc2CCl)n1. The molecule has 0 aliphatic rings. The topological polar surface area (TPSA) is 27.1 Å². The summed E-state index contributed by atoms with van der Waals surface area (Å²) in [5.74, 6) is 1.12. The highest BCUT2D eigenvalue weighted by atomic mass is 35.5. The first-order valence-corrected chi connectivity index (χ1v) is 7.02. The fourth-order valence-electron chi connectivity index (χ4n) is 1.69. The molecule has 1 aromatic heterocycles. The fraction of sp³-hybridized carbons (Fsp3) is 0.357. The minimum Gasteiger partial charge on any atom is -0.487 e. The molecule has 3 nitrogen and oxygen atoms in total. The summed E-state index contributed by atoms with van der Waals surface area (Å²) in [5.41, 5.74) is 1.78. The van der Waals surface area contributed by atoms with Gasteiger partial charge in [0.15, 0.2) is 0 Å². The number of aromatic nitrogens is 2. The minimum absolute atomic E-state index is 0.350. The van der Waals surface area contributed by atoms with E-state index >= 15 is 0 Å². The second kappa shape index (κ2) is 6.31. The first-order valence-electron chi connectivity index (χ1n) is 6.11. The molecule has 0 unspecified atom stereocenters. The van der Waals surface area contributed by atoms with Crippen molar-refractivity contribution < 1.29 is 4.74 Å². The molecular formula is C14H16Cl2N2O. The molecule has 0 aliphatic carbocycles. The molecule has 0 saturated heterocycles. The summed E-state index contributed by atoms with van der Waals surface area (Å²) in [6.07, 6.45) is 1.95. The Bertz CT molecular complexity index is 552. The maximum absolute atomic E-state index is 5.92. The Kier molecular flexibility index (Phi) is 4.72. The van der Waals surface area contributed by atoms with Crippen molar-refractivity contribution in [3.63, 3.8) is 0 Å². The zero-order valence-corrected chi connectivity index (χ0v) is 12.4. The Morgan fingerprint density at radius 1 is 1.32 bits per heavy atom. The quantitative estimate of drug-likeness (QED) is 0.763. The molecule has 0 saturated carbocycles. The average molecular weight is 299 g/mol. The number of nitrogens with zero attached hydrogens (tertiary/aromatic N) is 2. The third-order valence-corrected chi connectivity index (χ3v) is 3.26. The molecule has 0 atom stereocenters. The smallest absolute Gasteiger partial charge is 0.132 e. The van der Waals surface area contributed by atoms with Crippen LogP contribution in [0.1, 0.15) is 31.1 Å². The van der Waals surface area contributed by atoms with Crippen LogP contribution in [-0.2, 0) is 12.5 Å². The van der Waals surface area contributed by atoms with Crippen LogP contribution in [0.4, 0.5) is 0 Å². The standard InChI is InChI=1S/C14H16Cl2N2O/c1-10(2)18-6-5-13(17-18)9-19-14-4-3-12(16)7-11(14)8-15/h3-7,10H,8-9H2,1-2H3. The van der Waals surface area contributed by atoms with E-state index in [-0.39, 0.29) is 0 Å². The predicted molar refractivity (Wildman–Crippen MR) is 78.0 cm³/mol. The molecule has 2 aromatic rings. The van der Waals surface area contributed by atoms with E-state index in [0.29, 0.717) is 23.6 Å². The van der Waals surface area contributed by atoms with Gasteiger partial charge in [-0.05, 0) is 38.1 Å². The first-order chi connectivity index (χ1) is 9.10. The summed E-state index contributed by atoms with van der Waals surface area (Å²) in [7, 11) is 0. The summed E-state index contributed by atoms with van der Waals surface area (Å²) < 4.78 is 7.65. The minimum atomic E-state index is 0.350. The van der Waals surface area contributed by atoms with Crippen molar-refractivity contribution in [2.75, 3.05) is 0 Å². The third kappa shape index (κ3) is 3.64. The number of ether oxygens (including phenoxy) is 1. The second-order valence-electron chi connectivity index (χ2n) is 4.56. The van der Waals surface area contributed by atoms with Gasteiger partial charge in [-0.1, -0.05) is 11.6 Å². The Labute approximate surface area is 123 Å². The Morgan fingerprint density at radius 2 is 2.11 bits per heavy atom. The molecule has 0 amide bonds. The van der Waals surface area contributed by atoms with E-state index in [0.717, 1.165) is 17.0 Å². The maximum Gasteiger partial charge on any atom is 0.132 e. The van der Waals surface area contributed by atoms with Crippen molar-refractivity contribution in [3.05, 3.63) is 46.7 Å². The molecular weight excluding hydrogens is 283 g/mol. The molecule has 1 heterocycles. The van der Waals surface area contributed by atoms with Crippen LogP contribution < -0.4 is 4.74 Å². The molecule has 0 spiro atoms. The fourth-order valence-corrected chi connectivity index (χ4v) is 2.09. The molecule has 1 aromatic carbocycles. The molecule has 0 N–H and O–H groups in total. The summed E-state index contributed by atoms with van der Waals surface area (Å²) in [6.45, 7) is 4.59. The second-order valence-corrected chi connectivity index (χ2v) is 5.26. The van der Waals surface area contributed by atoms with E-state index in [1.807, 2.05) is 29.1 Å². The highest BCUT2D eigenvalue weighted by molar-refractivity contribution is 6.30. The van der Waals surface area contributed by atoms with E-state index in [1.165, 1.54) is 0 Å². The highest BCUT2D eigenvalue weighted by Crippen LogP contribution is 2.25. The predicted octanol–water partition coefficient (Wildman–Crippen LogP) is 4.44. The summed E-state index contributed by atoms with van der Waals surface area (Å²) in [5, 5.41) is 5.09. The van der Waals surface area contributed by atoms with E-state index in [2.05, 4.69) is 18.9 Å². The lowest BCUT2D eigenvalue weighted by molar-refractivity contribution is 0.296. The van der Waals surface area contributed by atoms with Gasteiger partial charge in [-0.3, -0.25) is 4.68 Å². The monoisotopic (exact) mass is 298 g/mol. The van der Waals surface area contributed by atoms with Gasteiger partial charge >= 0.3 is 0 Å². The van der Waals surface area contributed by atoms with Gasteiger partial charge in [0.25, 0.3) is 0 Å². The van der Waals surface area contributed by atoms with Crippen molar-refractivity contribution in [3.8, 4) is 5.75 Å². The average Bonchev–Trinajstić information content (AvgIpc) is 2.86. The number of hydrogen-bond donors (Lipinski definition) is 0. The van der Waals surface area contributed by atoms with Gasteiger partial charge < -0.3 is 4.74 Å². The van der Waals surface area contributed by atoms with E-state index in [1.54, 1.807) is 6.07 Å². The lowest BCUT2D eigenvalue weighted by atomic mass is 10.2. The van der Waals surface area contributed by atoms with E-state index in [9.17, 15) is 0 Å². The van der Waals surface area contributed by atoms with Crippen LogP contribution in [0.3, 0.4) is 0 Å². The molecule has 19 heavy (non-hydrogen) atoms. The molecule has 0 fully saturated rings. The van der Waals surface area contributed by atoms with Gasteiger partial charge in [0, 0.05) is 22.8 Å². The highest BCUT2D eigenvalue weighted by Gasteiger charge is 2.06. The summed E-state index contributed by atoms with van der Waals surface area (Å²) in [4.78, 5) is 0. The first kappa shape index (κ1) is 14.2. The van der Waals surface area contributed by atoms with Crippen LogP contribution in [0.5, 0.6) is 5.75 Å². The van der Waals surface area contributed by atoms with Crippen molar-refractivity contribution >= 4 is 23.2 Å². The van der Waals surface area contributed by atoms with Crippen LogP contribution in [0, 0.1) is 0 Å². The summed E-state index contributed by atoms with van der Waals surface area (Å²) >= 11 is 11.8. The van der Waals surface area contributed by atoms with Gasteiger partial charge in [-0.15, -0.1) is 11.6 Å². The Balaban J connectivity index is 2.05. The van der Waals surface area contributed by atoms with Crippen LogP contribution in [0.2, 0.25) is 5.02 Å². The lowest BCUT2D eigenvalue weighted by Crippen LogP contribution is -2.04. The number of benzene rings is 1. The zero-order chi connectivity index (χ0) is 13.8. The zero-order valence-electron chi connectivity index (χ0n) is 10.9.